The van der Waals surface area contributed by atoms with Crippen molar-refractivity contribution in [1.29, 1.82) is 5.26 Å². The molecular formula is C21H22N4O. The maximum Gasteiger partial charge on any atom is 0.234 e. The van der Waals surface area contributed by atoms with Gasteiger partial charge in [0.05, 0.1) is 0 Å². The second-order valence-corrected chi connectivity index (χ2v) is 7.72. The van der Waals surface area contributed by atoms with Crippen LogP contribution in [-0.2, 0) is 13.0 Å². The van der Waals surface area contributed by atoms with Crippen molar-refractivity contribution in [2.45, 2.75) is 40.2 Å². The lowest BCUT2D eigenvalue weighted by molar-refractivity contribution is 0.112. The molecule has 0 bridgehead atoms. The molecule has 0 aliphatic carbocycles. The standard InChI is InChI=1S/C21H22N4O/c1-21(2,3)7-8-25-18(10-15-5-4-6-16(9-15)14-26)11-17-13-23-19(12-22)24-20(17)25/h4-6,9,11,13-14H,7-8,10H2,1-3H3. The van der Waals surface area contributed by atoms with Crippen molar-refractivity contribution in [3.05, 3.63) is 59.2 Å². The van der Waals surface area contributed by atoms with E-state index in [4.69, 9.17) is 5.26 Å². The molecule has 2 heterocycles. The number of carbonyl (C=O) groups excluding carboxylic acids is 1. The summed E-state index contributed by atoms with van der Waals surface area (Å²) >= 11 is 0. The summed E-state index contributed by atoms with van der Waals surface area (Å²) in [6.07, 6.45) is 4.26. The van der Waals surface area contributed by atoms with E-state index < -0.39 is 0 Å². The van der Waals surface area contributed by atoms with Crippen LogP contribution in [0.1, 0.15) is 54.6 Å². The van der Waals surface area contributed by atoms with Crippen LogP contribution in [0.25, 0.3) is 11.0 Å². The van der Waals surface area contributed by atoms with Crippen molar-refractivity contribution in [2.75, 3.05) is 0 Å². The fraction of sp³-hybridized carbons (Fsp3) is 0.333. The third-order valence-electron chi connectivity index (χ3n) is 4.38. The Labute approximate surface area is 153 Å². The van der Waals surface area contributed by atoms with Gasteiger partial charge < -0.3 is 4.57 Å². The predicted octanol–water partition coefficient (Wildman–Crippen LogP) is 4.14. The molecule has 26 heavy (non-hydrogen) atoms. The van der Waals surface area contributed by atoms with E-state index in [1.165, 1.54) is 0 Å². The first kappa shape index (κ1) is 17.8. The molecule has 5 heteroatoms. The van der Waals surface area contributed by atoms with Crippen LogP contribution in [0.2, 0.25) is 0 Å². The van der Waals surface area contributed by atoms with Crippen LogP contribution in [-0.4, -0.2) is 20.8 Å². The average molecular weight is 346 g/mol. The first-order valence-electron chi connectivity index (χ1n) is 8.69. The number of hydrogen-bond donors (Lipinski definition) is 0. The van der Waals surface area contributed by atoms with Crippen molar-refractivity contribution in [2.24, 2.45) is 5.41 Å². The Balaban J connectivity index is 2.04. The molecule has 0 aliphatic rings. The molecule has 0 spiro atoms. The van der Waals surface area contributed by atoms with Gasteiger partial charge in [-0.3, -0.25) is 4.79 Å². The Bertz CT molecular complexity index is 989. The molecule has 2 aromatic heterocycles. The maximum atomic E-state index is 11.0. The summed E-state index contributed by atoms with van der Waals surface area (Å²) in [4.78, 5) is 19.6. The molecule has 0 unspecified atom stereocenters. The number of carbonyl (C=O) groups is 1. The minimum absolute atomic E-state index is 0.183. The second kappa shape index (κ2) is 7.09. The van der Waals surface area contributed by atoms with Gasteiger partial charge in [0.2, 0.25) is 5.82 Å². The minimum atomic E-state index is 0.183. The molecule has 0 N–H and O–H groups in total. The van der Waals surface area contributed by atoms with Crippen molar-refractivity contribution >= 4 is 17.3 Å². The zero-order chi connectivity index (χ0) is 18.7. The van der Waals surface area contributed by atoms with E-state index in [2.05, 4.69) is 41.4 Å². The molecule has 0 atom stereocenters. The SMILES string of the molecule is CC(C)(C)CCn1c(Cc2cccc(C=O)c2)cc2cnc(C#N)nc21. The fourth-order valence-corrected chi connectivity index (χ4v) is 2.98. The number of benzene rings is 1. The Kier molecular flexibility index (Phi) is 4.85. The lowest BCUT2D eigenvalue weighted by atomic mass is 9.92. The van der Waals surface area contributed by atoms with E-state index in [0.717, 1.165) is 41.5 Å². The van der Waals surface area contributed by atoms with Gasteiger partial charge >= 0.3 is 0 Å². The van der Waals surface area contributed by atoms with E-state index >= 15 is 0 Å². The summed E-state index contributed by atoms with van der Waals surface area (Å²) in [5.74, 6) is 0.183. The van der Waals surface area contributed by atoms with E-state index in [1.54, 1.807) is 12.3 Å². The van der Waals surface area contributed by atoms with E-state index in [1.807, 2.05) is 24.3 Å². The van der Waals surface area contributed by atoms with E-state index in [0.29, 0.717) is 12.0 Å². The normalized spacial score (nSPS) is 11.5. The summed E-state index contributed by atoms with van der Waals surface area (Å²) in [6.45, 7) is 7.45. The smallest absolute Gasteiger partial charge is 0.234 e. The second-order valence-electron chi connectivity index (χ2n) is 7.72. The Morgan fingerprint density at radius 1 is 1.27 bits per heavy atom. The number of rotatable bonds is 5. The zero-order valence-electron chi connectivity index (χ0n) is 15.4. The highest BCUT2D eigenvalue weighted by atomic mass is 16.1. The van der Waals surface area contributed by atoms with Crippen LogP contribution >= 0.6 is 0 Å². The number of aldehydes is 1. The Hall–Kier alpha value is -3.00. The zero-order valence-corrected chi connectivity index (χ0v) is 15.4. The molecule has 5 nitrogen and oxygen atoms in total. The molecule has 3 rings (SSSR count). The van der Waals surface area contributed by atoms with Crippen molar-refractivity contribution in [3.8, 4) is 6.07 Å². The lowest BCUT2D eigenvalue weighted by Crippen LogP contribution is -2.13. The number of fused-ring (bicyclic) bond motifs is 1. The van der Waals surface area contributed by atoms with Crippen LogP contribution in [0.3, 0.4) is 0 Å². The molecule has 1 aromatic carbocycles. The van der Waals surface area contributed by atoms with Gasteiger partial charge in [-0.2, -0.15) is 5.26 Å². The highest BCUT2D eigenvalue weighted by molar-refractivity contribution is 5.77. The molecule has 0 amide bonds. The third-order valence-corrected chi connectivity index (χ3v) is 4.38. The van der Waals surface area contributed by atoms with Crippen LogP contribution in [0.4, 0.5) is 0 Å². The Morgan fingerprint density at radius 2 is 2.08 bits per heavy atom. The topological polar surface area (TPSA) is 71.6 Å². The molecule has 0 saturated carbocycles. The third kappa shape index (κ3) is 3.97. The number of aryl methyl sites for hydroxylation is 1. The number of nitrogens with zero attached hydrogens (tertiary/aromatic N) is 4. The molecule has 0 fully saturated rings. The summed E-state index contributed by atoms with van der Waals surface area (Å²) in [5, 5.41) is 10.1. The van der Waals surface area contributed by atoms with Gasteiger partial charge in [-0.1, -0.05) is 39.0 Å². The largest absolute Gasteiger partial charge is 0.329 e. The lowest BCUT2D eigenvalue weighted by Gasteiger charge is -2.20. The van der Waals surface area contributed by atoms with Crippen LogP contribution < -0.4 is 0 Å². The number of aromatic nitrogens is 3. The molecule has 3 aromatic rings. The fourth-order valence-electron chi connectivity index (χ4n) is 2.98. The first-order valence-corrected chi connectivity index (χ1v) is 8.69. The first-order chi connectivity index (χ1) is 12.4. The number of hydrogen-bond acceptors (Lipinski definition) is 4. The van der Waals surface area contributed by atoms with E-state index in [9.17, 15) is 4.79 Å². The Morgan fingerprint density at radius 3 is 2.77 bits per heavy atom. The summed E-state index contributed by atoms with van der Waals surface area (Å²) in [6, 6.07) is 11.7. The maximum absolute atomic E-state index is 11.0. The van der Waals surface area contributed by atoms with Gasteiger partial charge in [0.15, 0.2) is 0 Å². The molecule has 132 valence electrons. The van der Waals surface area contributed by atoms with Crippen molar-refractivity contribution < 1.29 is 4.79 Å². The summed E-state index contributed by atoms with van der Waals surface area (Å²) in [5.41, 5.74) is 3.84. The molecule has 0 radical (unpaired) electrons. The van der Waals surface area contributed by atoms with Crippen LogP contribution in [0.15, 0.2) is 36.5 Å². The van der Waals surface area contributed by atoms with Crippen LogP contribution in [0.5, 0.6) is 0 Å². The quantitative estimate of drug-likeness (QED) is 0.651. The van der Waals surface area contributed by atoms with Gasteiger partial charge in [-0.15, -0.1) is 0 Å². The van der Waals surface area contributed by atoms with Crippen molar-refractivity contribution in [1.82, 2.24) is 14.5 Å². The molecule has 0 aliphatic heterocycles. The van der Waals surface area contributed by atoms with Gasteiger partial charge in [0.1, 0.15) is 18.0 Å². The van der Waals surface area contributed by atoms with Crippen LogP contribution in [0, 0.1) is 16.7 Å². The summed E-state index contributed by atoms with van der Waals surface area (Å²) < 4.78 is 2.18. The predicted molar refractivity (Wildman–Crippen MR) is 101 cm³/mol. The van der Waals surface area contributed by atoms with Crippen molar-refractivity contribution in [3.63, 3.8) is 0 Å². The van der Waals surface area contributed by atoms with Gasteiger partial charge in [-0.05, 0) is 29.5 Å². The minimum Gasteiger partial charge on any atom is -0.329 e. The molecular weight excluding hydrogens is 324 g/mol. The van der Waals surface area contributed by atoms with Gasteiger partial charge in [0.25, 0.3) is 0 Å². The van der Waals surface area contributed by atoms with Gasteiger partial charge in [-0.25, -0.2) is 9.97 Å². The van der Waals surface area contributed by atoms with Gasteiger partial charge in [0, 0.05) is 35.8 Å². The number of nitriles is 1. The highest BCUT2D eigenvalue weighted by Gasteiger charge is 2.16. The highest BCUT2D eigenvalue weighted by Crippen LogP contribution is 2.25. The monoisotopic (exact) mass is 346 g/mol. The average Bonchev–Trinajstić information content (AvgIpc) is 2.95. The summed E-state index contributed by atoms with van der Waals surface area (Å²) in [7, 11) is 0. The van der Waals surface area contributed by atoms with E-state index in [-0.39, 0.29) is 11.2 Å². The molecule has 0 saturated heterocycles.